The van der Waals surface area contributed by atoms with E-state index in [1.165, 1.54) is 0 Å². The van der Waals surface area contributed by atoms with Crippen molar-refractivity contribution in [3.8, 4) is 0 Å². The van der Waals surface area contributed by atoms with E-state index >= 15 is 0 Å². The van der Waals surface area contributed by atoms with E-state index in [2.05, 4.69) is 4.74 Å². The van der Waals surface area contributed by atoms with Crippen molar-refractivity contribution in [1.82, 2.24) is 0 Å². The second-order valence-electron chi connectivity index (χ2n) is 1.91. The van der Waals surface area contributed by atoms with Gasteiger partial charge in [0.25, 0.3) is 0 Å². The summed E-state index contributed by atoms with van der Waals surface area (Å²) in [6.45, 7) is 3.63. The van der Waals surface area contributed by atoms with Gasteiger partial charge in [-0.1, -0.05) is 6.92 Å². The average Bonchev–Trinajstić information content (AvgIpc) is 1.87. The molecule has 1 atom stereocenters. The van der Waals surface area contributed by atoms with Crippen LogP contribution in [0, 0.1) is 0 Å². The highest BCUT2D eigenvalue weighted by atomic mass is 16.7. The van der Waals surface area contributed by atoms with Crippen LogP contribution in [0.4, 0.5) is 4.79 Å². The maximum Gasteiger partial charge on any atom is 0.507 e. The van der Waals surface area contributed by atoms with E-state index in [-0.39, 0.29) is 12.9 Å². The van der Waals surface area contributed by atoms with E-state index in [0.29, 0.717) is 0 Å². The monoisotopic (exact) mass is 148 g/mol. The van der Waals surface area contributed by atoms with E-state index in [1.54, 1.807) is 0 Å². The quantitative estimate of drug-likeness (QED) is 0.484. The van der Waals surface area contributed by atoms with E-state index in [1.807, 2.05) is 13.8 Å². The Balaban J connectivity index is 3.11. The molecule has 0 aromatic heterocycles. The maximum absolute atomic E-state index is 9.77. The van der Waals surface area contributed by atoms with Crippen LogP contribution in [0.5, 0.6) is 0 Å². The lowest BCUT2D eigenvalue weighted by Crippen LogP contribution is -2.12. The summed E-state index contributed by atoms with van der Waals surface area (Å²) in [7, 11) is 0. The van der Waals surface area contributed by atoms with Gasteiger partial charge in [0.15, 0.2) is 6.79 Å². The lowest BCUT2D eigenvalue weighted by atomic mass is 10.3. The second kappa shape index (κ2) is 5.05. The Morgan fingerprint density at radius 1 is 1.70 bits per heavy atom. The Morgan fingerprint density at radius 3 is 2.70 bits per heavy atom. The van der Waals surface area contributed by atoms with Gasteiger partial charge in [0.2, 0.25) is 0 Å². The topological polar surface area (TPSA) is 55.8 Å². The third-order valence-electron chi connectivity index (χ3n) is 1.11. The Labute approximate surface area is 59.7 Å². The molecule has 0 rings (SSSR count). The molecule has 0 heterocycles. The first-order valence-corrected chi connectivity index (χ1v) is 3.14. The molecule has 0 aromatic rings. The number of ether oxygens (including phenoxy) is 2. The molecular formula is C6H12O4. The first-order valence-electron chi connectivity index (χ1n) is 3.14. The molecule has 0 fully saturated rings. The van der Waals surface area contributed by atoms with Gasteiger partial charge in [-0.05, 0) is 13.3 Å². The van der Waals surface area contributed by atoms with Crippen LogP contribution in [0.2, 0.25) is 0 Å². The number of hydrogen-bond donors (Lipinski definition) is 1. The van der Waals surface area contributed by atoms with Gasteiger partial charge in [-0.15, -0.1) is 0 Å². The molecule has 0 aromatic carbocycles. The lowest BCUT2D eigenvalue weighted by molar-refractivity contribution is -0.0643. The molecule has 1 N–H and O–H groups in total. The van der Waals surface area contributed by atoms with Gasteiger partial charge in [-0.25, -0.2) is 4.79 Å². The van der Waals surface area contributed by atoms with E-state index in [4.69, 9.17) is 9.84 Å². The zero-order valence-electron chi connectivity index (χ0n) is 6.16. The molecule has 10 heavy (non-hydrogen) atoms. The highest BCUT2D eigenvalue weighted by Gasteiger charge is 1.99. The molecule has 0 aliphatic carbocycles. The molecule has 0 saturated heterocycles. The third-order valence-corrected chi connectivity index (χ3v) is 1.11. The summed E-state index contributed by atoms with van der Waals surface area (Å²) in [5.74, 6) is 0. The molecule has 4 heteroatoms. The van der Waals surface area contributed by atoms with E-state index < -0.39 is 6.16 Å². The van der Waals surface area contributed by atoms with Gasteiger partial charge >= 0.3 is 6.16 Å². The smallest absolute Gasteiger partial charge is 0.450 e. The Kier molecular flexibility index (Phi) is 4.66. The Morgan fingerprint density at radius 2 is 2.30 bits per heavy atom. The minimum atomic E-state index is -1.30. The van der Waals surface area contributed by atoms with Crippen molar-refractivity contribution in [2.45, 2.75) is 26.4 Å². The summed E-state index contributed by atoms with van der Waals surface area (Å²) in [5, 5.41) is 8.00. The van der Waals surface area contributed by atoms with Crippen molar-refractivity contribution in [1.29, 1.82) is 0 Å². The van der Waals surface area contributed by atoms with Crippen LogP contribution in [0.1, 0.15) is 20.3 Å². The molecule has 0 aliphatic heterocycles. The second-order valence-corrected chi connectivity index (χ2v) is 1.91. The van der Waals surface area contributed by atoms with Crippen LogP contribution in [0.3, 0.4) is 0 Å². The summed E-state index contributed by atoms with van der Waals surface area (Å²) in [5.41, 5.74) is 0. The molecule has 0 radical (unpaired) electrons. The summed E-state index contributed by atoms with van der Waals surface area (Å²) < 4.78 is 9.01. The maximum atomic E-state index is 9.77. The predicted octanol–water partition coefficient (Wildman–Crippen LogP) is 1.45. The summed E-state index contributed by atoms with van der Waals surface area (Å²) in [4.78, 5) is 9.77. The molecule has 1 unspecified atom stereocenters. The Hall–Kier alpha value is -0.770. The van der Waals surface area contributed by atoms with Gasteiger partial charge in [-0.3, -0.25) is 0 Å². The highest BCUT2D eigenvalue weighted by molar-refractivity contribution is 5.56. The number of carboxylic acid groups (broad SMARTS) is 1. The fourth-order valence-corrected chi connectivity index (χ4v) is 0.318. The molecular weight excluding hydrogens is 136 g/mol. The molecule has 4 nitrogen and oxygen atoms in total. The zero-order valence-corrected chi connectivity index (χ0v) is 6.16. The van der Waals surface area contributed by atoms with E-state index in [0.717, 1.165) is 6.42 Å². The number of rotatable bonds is 4. The first-order chi connectivity index (χ1) is 4.66. The van der Waals surface area contributed by atoms with Crippen LogP contribution in [0.15, 0.2) is 0 Å². The van der Waals surface area contributed by atoms with Crippen molar-refractivity contribution in [3.63, 3.8) is 0 Å². The third kappa shape index (κ3) is 5.37. The molecule has 0 spiro atoms. The predicted molar refractivity (Wildman–Crippen MR) is 34.8 cm³/mol. The van der Waals surface area contributed by atoms with Crippen LogP contribution in [0.25, 0.3) is 0 Å². The minimum absolute atomic E-state index is 0.0550. The van der Waals surface area contributed by atoms with Crippen molar-refractivity contribution in [2.24, 2.45) is 0 Å². The summed E-state index contributed by atoms with van der Waals surface area (Å²) in [6, 6.07) is 0. The fourth-order valence-electron chi connectivity index (χ4n) is 0.318. The van der Waals surface area contributed by atoms with Gasteiger partial charge < -0.3 is 14.6 Å². The van der Waals surface area contributed by atoms with Crippen molar-refractivity contribution in [3.05, 3.63) is 0 Å². The van der Waals surface area contributed by atoms with Gasteiger partial charge in [0, 0.05) is 0 Å². The van der Waals surface area contributed by atoms with Gasteiger partial charge in [0.05, 0.1) is 6.10 Å². The minimum Gasteiger partial charge on any atom is -0.450 e. The van der Waals surface area contributed by atoms with Gasteiger partial charge in [-0.2, -0.15) is 0 Å². The molecule has 60 valence electrons. The standard InChI is InChI=1S/C6H12O4/c1-3-5(2)9-4-10-6(7)8/h5H,3-4H2,1-2H3,(H,7,8). The number of carbonyl (C=O) groups is 1. The van der Waals surface area contributed by atoms with E-state index in [9.17, 15) is 4.79 Å². The van der Waals surface area contributed by atoms with Crippen LogP contribution in [-0.4, -0.2) is 24.2 Å². The Bertz CT molecular complexity index is 102. The molecule has 0 aliphatic rings. The van der Waals surface area contributed by atoms with Crippen LogP contribution in [-0.2, 0) is 9.47 Å². The molecule has 0 bridgehead atoms. The number of hydrogen-bond acceptors (Lipinski definition) is 3. The van der Waals surface area contributed by atoms with Crippen LogP contribution < -0.4 is 0 Å². The zero-order chi connectivity index (χ0) is 7.98. The normalized spacial score (nSPS) is 12.6. The first kappa shape index (κ1) is 9.23. The van der Waals surface area contributed by atoms with Crippen molar-refractivity contribution < 1.29 is 19.4 Å². The summed E-state index contributed by atoms with van der Waals surface area (Å²) in [6.07, 6.45) is -0.397. The van der Waals surface area contributed by atoms with Crippen molar-refractivity contribution in [2.75, 3.05) is 6.79 Å². The van der Waals surface area contributed by atoms with Gasteiger partial charge in [0.1, 0.15) is 0 Å². The highest BCUT2D eigenvalue weighted by Crippen LogP contribution is 1.94. The summed E-state index contributed by atoms with van der Waals surface area (Å²) >= 11 is 0. The SMILES string of the molecule is CCC(C)OCOC(=O)O. The lowest BCUT2D eigenvalue weighted by Gasteiger charge is -2.08. The van der Waals surface area contributed by atoms with Crippen molar-refractivity contribution >= 4 is 6.16 Å². The molecule has 0 amide bonds. The van der Waals surface area contributed by atoms with Crippen LogP contribution >= 0.6 is 0 Å². The molecule has 0 saturated carbocycles. The largest absolute Gasteiger partial charge is 0.507 e. The average molecular weight is 148 g/mol. The fraction of sp³-hybridized carbons (Fsp3) is 0.833.